The molecule has 0 bridgehead atoms. The molecule has 1 aliphatic rings. The van der Waals surface area contributed by atoms with Crippen molar-refractivity contribution in [3.8, 4) is 11.5 Å². The van der Waals surface area contributed by atoms with Crippen molar-refractivity contribution >= 4 is 11.6 Å². The number of ether oxygens (including phenoxy) is 2. The van der Waals surface area contributed by atoms with E-state index in [-0.39, 0.29) is 17.0 Å². The largest absolute Gasteiger partial charge is 0.490 e. The van der Waals surface area contributed by atoms with Crippen LogP contribution in [0.5, 0.6) is 11.5 Å². The van der Waals surface area contributed by atoms with Gasteiger partial charge in [0.1, 0.15) is 5.69 Å². The van der Waals surface area contributed by atoms with Gasteiger partial charge in [-0.3, -0.25) is 9.59 Å². The molecule has 0 unspecified atom stereocenters. The van der Waals surface area contributed by atoms with Crippen molar-refractivity contribution in [1.29, 1.82) is 0 Å². The average Bonchev–Trinajstić information content (AvgIpc) is 2.74. The third-order valence-corrected chi connectivity index (χ3v) is 3.08. The van der Waals surface area contributed by atoms with Gasteiger partial charge in [-0.1, -0.05) is 0 Å². The van der Waals surface area contributed by atoms with E-state index in [9.17, 15) is 9.59 Å². The zero-order chi connectivity index (χ0) is 14.7. The molecule has 0 radical (unpaired) electrons. The monoisotopic (exact) mass is 286 g/mol. The van der Waals surface area contributed by atoms with Crippen LogP contribution in [0.3, 0.4) is 0 Å². The van der Waals surface area contributed by atoms with Crippen LogP contribution in [0, 0.1) is 0 Å². The summed E-state index contributed by atoms with van der Waals surface area (Å²) in [5.41, 5.74) is 0.355. The van der Waals surface area contributed by atoms with Gasteiger partial charge < -0.3 is 19.8 Å². The van der Waals surface area contributed by atoms with E-state index in [0.29, 0.717) is 30.3 Å². The number of anilines is 1. The second kappa shape index (κ2) is 5.70. The molecule has 3 rings (SSSR count). The molecule has 0 saturated carbocycles. The summed E-state index contributed by atoms with van der Waals surface area (Å²) in [5.74, 6) is 0.797. The maximum Gasteiger partial charge on any atom is 0.255 e. The number of aromatic nitrogens is 1. The lowest BCUT2D eigenvalue weighted by molar-refractivity contribution is 0.102. The zero-order valence-electron chi connectivity index (χ0n) is 11.2. The summed E-state index contributed by atoms with van der Waals surface area (Å²) in [5, 5.41) is 2.57. The number of amides is 1. The minimum Gasteiger partial charge on any atom is -0.490 e. The summed E-state index contributed by atoms with van der Waals surface area (Å²) in [6, 6.07) is 6.31. The molecule has 1 aliphatic heterocycles. The number of H-pyrrole nitrogens is 1. The SMILES string of the molecule is O=C(Nc1c[nH]ccc1=O)c1ccc2c(c1)OCCCO2. The number of hydrogen-bond acceptors (Lipinski definition) is 4. The molecule has 2 N–H and O–H groups in total. The lowest BCUT2D eigenvalue weighted by atomic mass is 10.2. The Balaban J connectivity index is 1.84. The molecule has 108 valence electrons. The van der Waals surface area contributed by atoms with Crippen LogP contribution in [0.2, 0.25) is 0 Å². The summed E-state index contributed by atoms with van der Waals surface area (Å²) >= 11 is 0. The average molecular weight is 286 g/mol. The van der Waals surface area contributed by atoms with Crippen molar-refractivity contribution in [2.45, 2.75) is 6.42 Å². The Morgan fingerprint density at radius 3 is 2.76 bits per heavy atom. The van der Waals surface area contributed by atoms with Gasteiger partial charge in [0.15, 0.2) is 11.5 Å². The summed E-state index contributed by atoms with van der Waals surface area (Å²) in [6.45, 7) is 1.15. The number of hydrogen-bond donors (Lipinski definition) is 2. The lowest BCUT2D eigenvalue weighted by Gasteiger charge is -2.09. The third-order valence-electron chi connectivity index (χ3n) is 3.08. The van der Waals surface area contributed by atoms with E-state index in [1.807, 2.05) is 0 Å². The van der Waals surface area contributed by atoms with Gasteiger partial charge in [-0.25, -0.2) is 0 Å². The first-order chi connectivity index (χ1) is 10.2. The van der Waals surface area contributed by atoms with Gasteiger partial charge >= 0.3 is 0 Å². The number of nitrogens with one attached hydrogen (secondary N) is 2. The van der Waals surface area contributed by atoms with Crippen molar-refractivity contribution < 1.29 is 14.3 Å². The van der Waals surface area contributed by atoms with Gasteiger partial charge in [-0.15, -0.1) is 0 Å². The summed E-state index contributed by atoms with van der Waals surface area (Å²) in [7, 11) is 0. The molecule has 21 heavy (non-hydrogen) atoms. The molecule has 0 saturated heterocycles. The van der Waals surface area contributed by atoms with E-state index >= 15 is 0 Å². The number of aromatic amines is 1. The molecule has 2 heterocycles. The fourth-order valence-corrected chi connectivity index (χ4v) is 2.01. The number of rotatable bonds is 2. The van der Waals surface area contributed by atoms with Crippen LogP contribution < -0.4 is 20.2 Å². The minimum absolute atomic E-state index is 0.203. The number of benzene rings is 1. The number of carbonyl (C=O) groups is 1. The van der Waals surface area contributed by atoms with Gasteiger partial charge in [0.25, 0.3) is 5.91 Å². The first kappa shape index (κ1) is 13.2. The van der Waals surface area contributed by atoms with Gasteiger partial charge in [-0.2, -0.15) is 0 Å². The molecule has 0 spiro atoms. The van der Waals surface area contributed by atoms with Gasteiger partial charge in [-0.05, 0) is 18.2 Å². The first-order valence-corrected chi connectivity index (χ1v) is 6.62. The highest BCUT2D eigenvalue weighted by atomic mass is 16.5. The standard InChI is InChI=1S/C15H14N2O4/c18-12-4-5-16-9-11(12)17-15(19)10-2-3-13-14(8-10)21-7-1-6-20-13/h2-5,8-9H,1,6-7H2,(H,16,18)(H,17,19). The summed E-state index contributed by atoms with van der Waals surface area (Å²) in [4.78, 5) is 26.5. The van der Waals surface area contributed by atoms with E-state index in [4.69, 9.17) is 9.47 Å². The Morgan fingerprint density at radius 2 is 1.95 bits per heavy atom. The topological polar surface area (TPSA) is 80.4 Å². The molecule has 0 aliphatic carbocycles. The quantitative estimate of drug-likeness (QED) is 0.882. The maximum atomic E-state index is 12.2. The Labute approximate surface area is 120 Å². The highest BCUT2D eigenvalue weighted by Gasteiger charge is 2.14. The smallest absolute Gasteiger partial charge is 0.255 e. The molecule has 1 aromatic carbocycles. The molecule has 2 aromatic rings. The van der Waals surface area contributed by atoms with Gasteiger partial charge in [0.05, 0.1) is 13.2 Å². The van der Waals surface area contributed by atoms with Crippen LogP contribution in [0.4, 0.5) is 5.69 Å². The molecule has 1 amide bonds. The Morgan fingerprint density at radius 1 is 1.14 bits per heavy atom. The highest BCUT2D eigenvalue weighted by molar-refractivity contribution is 6.04. The molecule has 0 atom stereocenters. The number of pyridine rings is 1. The fourth-order valence-electron chi connectivity index (χ4n) is 2.01. The second-order valence-electron chi connectivity index (χ2n) is 4.59. The zero-order valence-corrected chi connectivity index (χ0v) is 11.2. The van der Waals surface area contributed by atoms with E-state index in [0.717, 1.165) is 6.42 Å². The van der Waals surface area contributed by atoms with E-state index in [2.05, 4.69) is 10.3 Å². The Bertz CT molecular complexity index is 724. The molecular weight excluding hydrogens is 272 g/mol. The van der Waals surface area contributed by atoms with E-state index in [1.54, 1.807) is 18.2 Å². The van der Waals surface area contributed by atoms with Crippen molar-refractivity contribution in [3.05, 3.63) is 52.4 Å². The minimum atomic E-state index is -0.373. The lowest BCUT2D eigenvalue weighted by Crippen LogP contribution is -2.18. The van der Waals surface area contributed by atoms with Crippen LogP contribution in [0.1, 0.15) is 16.8 Å². The highest BCUT2D eigenvalue weighted by Crippen LogP contribution is 2.30. The molecule has 1 aromatic heterocycles. The molecular formula is C15H14N2O4. The van der Waals surface area contributed by atoms with Crippen LogP contribution in [0.15, 0.2) is 41.5 Å². The summed E-state index contributed by atoms with van der Waals surface area (Å²) < 4.78 is 11.0. The molecule has 6 heteroatoms. The van der Waals surface area contributed by atoms with Crippen molar-refractivity contribution in [2.75, 3.05) is 18.5 Å². The van der Waals surface area contributed by atoms with Crippen molar-refractivity contribution in [1.82, 2.24) is 4.98 Å². The Hall–Kier alpha value is -2.76. The van der Waals surface area contributed by atoms with Crippen LogP contribution in [-0.4, -0.2) is 24.1 Å². The number of carbonyl (C=O) groups excluding carboxylic acids is 1. The van der Waals surface area contributed by atoms with Crippen molar-refractivity contribution in [3.63, 3.8) is 0 Å². The van der Waals surface area contributed by atoms with E-state index < -0.39 is 0 Å². The molecule has 0 fully saturated rings. The van der Waals surface area contributed by atoms with Crippen LogP contribution >= 0.6 is 0 Å². The van der Waals surface area contributed by atoms with E-state index in [1.165, 1.54) is 18.5 Å². The predicted octanol–water partition coefficient (Wildman–Crippen LogP) is 1.79. The fraction of sp³-hybridized carbons (Fsp3) is 0.200. The predicted molar refractivity (Wildman–Crippen MR) is 77.1 cm³/mol. The summed E-state index contributed by atoms with van der Waals surface area (Å²) in [6.07, 6.45) is 3.75. The van der Waals surface area contributed by atoms with Crippen LogP contribution in [-0.2, 0) is 0 Å². The Kier molecular flexibility index (Phi) is 3.59. The normalized spacial score (nSPS) is 13.3. The first-order valence-electron chi connectivity index (χ1n) is 6.62. The number of fused-ring (bicyclic) bond motifs is 1. The van der Waals surface area contributed by atoms with Crippen LogP contribution in [0.25, 0.3) is 0 Å². The maximum absolute atomic E-state index is 12.2. The second-order valence-corrected chi connectivity index (χ2v) is 4.59. The van der Waals surface area contributed by atoms with Crippen molar-refractivity contribution in [2.24, 2.45) is 0 Å². The third kappa shape index (κ3) is 2.89. The van der Waals surface area contributed by atoms with Gasteiger partial charge in [0, 0.05) is 30.4 Å². The molecule has 6 nitrogen and oxygen atoms in total. The van der Waals surface area contributed by atoms with Gasteiger partial charge in [0.2, 0.25) is 5.43 Å².